The molecule has 2 rings (SSSR count). The van der Waals surface area contributed by atoms with Gasteiger partial charge in [-0.25, -0.2) is 0 Å². The smallest absolute Gasteiger partial charge is 0.276 e. The Kier molecular flexibility index (Phi) is 4.89. The van der Waals surface area contributed by atoms with Gasteiger partial charge in [-0.2, -0.15) is 5.10 Å². The molecular weight excluding hydrogens is 270 g/mol. The molecule has 1 amide bonds. The van der Waals surface area contributed by atoms with Crippen LogP contribution in [0.5, 0.6) is 0 Å². The topological polar surface area (TPSA) is 86.3 Å². The number of hydrogen-bond acceptors (Lipinski definition) is 5. The van der Waals surface area contributed by atoms with E-state index in [0.29, 0.717) is 25.4 Å². The monoisotopic (exact) mass is 289 g/mol. The number of pyridine rings is 1. The molecule has 0 spiro atoms. The highest BCUT2D eigenvalue weighted by molar-refractivity contribution is 5.97. The quantitative estimate of drug-likeness (QED) is 0.845. The van der Waals surface area contributed by atoms with Gasteiger partial charge in [0.25, 0.3) is 5.91 Å². The minimum atomic E-state index is -0.226. The zero-order chi connectivity index (χ0) is 15.2. The van der Waals surface area contributed by atoms with Crippen LogP contribution in [0.25, 0.3) is 0 Å². The summed E-state index contributed by atoms with van der Waals surface area (Å²) in [5, 5.41) is 4.12. The summed E-state index contributed by atoms with van der Waals surface area (Å²) in [6.45, 7) is 1.27. The maximum atomic E-state index is 12.6. The van der Waals surface area contributed by atoms with E-state index in [2.05, 4.69) is 10.1 Å². The second kappa shape index (κ2) is 6.85. The summed E-state index contributed by atoms with van der Waals surface area (Å²) in [6.07, 6.45) is 3.31. The number of carbonyl (C=O) groups excluding carboxylic acids is 1. The first-order chi connectivity index (χ1) is 10.1. The molecule has 0 radical (unpaired) electrons. The fourth-order valence-electron chi connectivity index (χ4n) is 1.96. The van der Waals surface area contributed by atoms with Gasteiger partial charge in [0.2, 0.25) is 0 Å². The van der Waals surface area contributed by atoms with Gasteiger partial charge < -0.3 is 15.4 Å². The number of carbonyl (C=O) groups is 1. The number of hydrogen-bond donors (Lipinski definition) is 1. The predicted molar refractivity (Wildman–Crippen MR) is 78.5 cm³/mol. The molecule has 0 unspecified atom stereocenters. The summed E-state index contributed by atoms with van der Waals surface area (Å²) in [7, 11) is 3.32. The molecule has 0 aromatic carbocycles. The Morgan fingerprint density at radius 3 is 2.86 bits per heavy atom. The number of rotatable bonds is 6. The van der Waals surface area contributed by atoms with Gasteiger partial charge in [-0.05, 0) is 12.1 Å². The SMILES string of the molecule is COCCN(Cc1ccccn1)C(=O)c1nn(C)cc1N. The van der Waals surface area contributed by atoms with Crippen LogP contribution in [0.3, 0.4) is 0 Å². The lowest BCUT2D eigenvalue weighted by Gasteiger charge is -2.21. The first kappa shape index (κ1) is 15.0. The zero-order valence-electron chi connectivity index (χ0n) is 12.2. The molecule has 0 fully saturated rings. The number of amides is 1. The van der Waals surface area contributed by atoms with Gasteiger partial charge in [-0.1, -0.05) is 6.07 Å². The van der Waals surface area contributed by atoms with E-state index in [1.807, 2.05) is 18.2 Å². The van der Waals surface area contributed by atoms with Crippen molar-refractivity contribution in [3.05, 3.63) is 42.0 Å². The standard InChI is InChI=1S/C14H19N5O2/c1-18-10-12(15)13(17-18)14(20)19(7-8-21-2)9-11-5-3-4-6-16-11/h3-6,10H,7-9,15H2,1-2H3. The van der Waals surface area contributed by atoms with Crippen molar-refractivity contribution in [2.75, 3.05) is 26.0 Å². The van der Waals surface area contributed by atoms with E-state index in [9.17, 15) is 4.79 Å². The summed E-state index contributed by atoms with van der Waals surface area (Å²) in [4.78, 5) is 18.4. The summed E-state index contributed by atoms with van der Waals surface area (Å²) in [5.41, 5.74) is 7.25. The Hall–Kier alpha value is -2.41. The third-order valence-electron chi connectivity index (χ3n) is 2.99. The maximum absolute atomic E-state index is 12.6. The molecular formula is C14H19N5O2. The molecule has 2 heterocycles. The molecule has 0 bridgehead atoms. The second-order valence-corrected chi connectivity index (χ2v) is 4.65. The van der Waals surface area contributed by atoms with Gasteiger partial charge in [0.05, 0.1) is 24.5 Å². The third-order valence-corrected chi connectivity index (χ3v) is 2.99. The Balaban J connectivity index is 2.19. The minimum absolute atomic E-state index is 0.226. The van der Waals surface area contributed by atoms with E-state index in [1.165, 1.54) is 4.68 Å². The average Bonchev–Trinajstić information content (AvgIpc) is 2.82. The van der Waals surface area contributed by atoms with E-state index in [1.54, 1.807) is 31.5 Å². The molecule has 2 N–H and O–H groups in total. The summed E-state index contributed by atoms with van der Waals surface area (Å²) < 4.78 is 6.59. The maximum Gasteiger partial charge on any atom is 0.276 e. The molecule has 0 atom stereocenters. The molecule has 112 valence electrons. The molecule has 21 heavy (non-hydrogen) atoms. The molecule has 0 aliphatic heterocycles. The van der Waals surface area contributed by atoms with Crippen LogP contribution < -0.4 is 5.73 Å². The van der Waals surface area contributed by atoms with Crippen LogP contribution in [0.4, 0.5) is 5.69 Å². The van der Waals surface area contributed by atoms with Crippen molar-refractivity contribution in [1.29, 1.82) is 0 Å². The second-order valence-electron chi connectivity index (χ2n) is 4.65. The number of nitrogens with zero attached hydrogens (tertiary/aromatic N) is 4. The fraction of sp³-hybridized carbons (Fsp3) is 0.357. The van der Waals surface area contributed by atoms with Crippen LogP contribution in [0, 0.1) is 0 Å². The van der Waals surface area contributed by atoms with Crippen LogP contribution in [-0.2, 0) is 18.3 Å². The van der Waals surface area contributed by atoms with Gasteiger partial charge in [0.15, 0.2) is 5.69 Å². The van der Waals surface area contributed by atoms with E-state index in [0.717, 1.165) is 5.69 Å². The first-order valence-corrected chi connectivity index (χ1v) is 6.59. The lowest BCUT2D eigenvalue weighted by molar-refractivity contribution is 0.0672. The van der Waals surface area contributed by atoms with Gasteiger partial charge in [0, 0.05) is 33.1 Å². The number of aromatic nitrogens is 3. The number of nitrogens with two attached hydrogens (primary N) is 1. The van der Waals surface area contributed by atoms with Gasteiger partial charge in [-0.3, -0.25) is 14.5 Å². The Bertz CT molecular complexity index is 597. The summed E-state index contributed by atoms with van der Waals surface area (Å²) >= 11 is 0. The lowest BCUT2D eigenvalue weighted by atomic mass is 10.2. The van der Waals surface area contributed by atoms with Gasteiger partial charge in [-0.15, -0.1) is 0 Å². The van der Waals surface area contributed by atoms with Crippen LogP contribution >= 0.6 is 0 Å². The van der Waals surface area contributed by atoms with Crippen molar-refractivity contribution in [2.24, 2.45) is 7.05 Å². The van der Waals surface area contributed by atoms with Crippen molar-refractivity contribution < 1.29 is 9.53 Å². The van der Waals surface area contributed by atoms with E-state index in [4.69, 9.17) is 10.5 Å². The molecule has 0 aliphatic rings. The summed E-state index contributed by atoms with van der Waals surface area (Å²) in [5.74, 6) is -0.226. The highest BCUT2D eigenvalue weighted by Gasteiger charge is 2.21. The zero-order valence-corrected chi connectivity index (χ0v) is 12.2. The number of aryl methyl sites for hydroxylation is 1. The van der Waals surface area contributed by atoms with Crippen LogP contribution in [0.1, 0.15) is 16.2 Å². The summed E-state index contributed by atoms with van der Waals surface area (Å²) in [6, 6.07) is 5.59. The van der Waals surface area contributed by atoms with Gasteiger partial charge >= 0.3 is 0 Å². The fourth-order valence-corrected chi connectivity index (χ4v) is 1.96. The highest BCUT2D eigenvalue weighted by atomic mass is 16.5. The van der Waals surface area contributed by atoms with Crippen LogP contribution in [0.2, 0.25) is 0 Å². The third kappa shape index (κ3) is 3.79. The van der Waals surface area contributed by atoms with Crippen molar-refractivity contribution in [3.63, 3.8) is 0 Å². The molecule has 0 saturated carbocycles. The van der Waals surface area contributed by atoms with Crippen LogP contribution in [-0.4, -0.2) is 45.8 Å². The Morgan fingerprint density at radius 2 is 2.29 bits per heavy atom. The van der Waals surface area contributed by atoms with Crippen molar-refractivity contribution in [1.82, 2.24) is 19.7 Å². The number of anilines is 1. The van der Waals surface area contributed by atoms with E-state index >= 15 is 0 Å². The minimum Gasteiger partial charge on any atom is -0.396 e. The number of nitrogen functional groups attached to an aromatic ring is 1. The van der Waals surface area contributed by atoms with Crippen molar-refractivity contribution in [2.45, 2.75) is 6.54 Å². The van der Waals surface area contributed by atoms with E-state index in [-0.39, 0.29) is 11.6 Å². The lowest BCUT2D eigenvalue weighted by Crippen LogP contribution is -2.34. The Morgan fingerprint density at radius 1 is 1.48 bits per heavy atom. The first-order valence-electron chi connectivity index (χ1n) is 6.59. The van der Waals surface area contributed by atoms with Gasteiger partial charge in [0.1, 0.15) is 0 Å². The molecule has 2 aromatic heterocycles. The largest absolute Gasteiger partial charge is 0.396 e. The van der Waals surface area contributed by atoms with Crippen LogP contribution in [0.15, 0.2) is 30.6 Å². The molecule has 2 aromatic rings. The molecule has 7 heteroatoms. The normalized spacial score (nSPS) is 10.6. The molecule has 0 aliphatic carbocycles. The van der Waals surface area contributed by atoms with Crippen molar-refractivity contribution in [3.8, 4) is 0 Å². The predicted octanol–water partition coefficient (Wildman–Crippen LogP) is 0.686. The van der Waals surface area contributed by atoms with E-state index < -0.39 is 0 Å². The average molecular weight is 289 g/mol. The molecule has 0 saturated heterocycles. The number of ether oxygens (including phenoxy) is 1. The molecule has 7 nitrogen and oxygen atoms in total. The van der Waals surface area contributed by atoms with Crippen molar-refractivity contribution >= 4 is 11.6 Å². The highest BCUT2D eigenvalue weighted by Crippen LogP contribution is 2.13. The number of methoxy groups -OCH3 is 1. The Labute approximate surface area is 123 Å².